The molecule has 0 spiro atoms. The van der Waals surface area contributed by atoms with Crippen LogP contribution in [0.4, 0.5) is 0 Å². The molecule has 0 amide bonds. The largest absolute Gasteiger partial charge is 0.383 e. The Bertz CT molecular complexity index is 668. The summed E-state index contributed by atoms with van der Waals surface area (Å²) < 4.78 is 5.88. The molecule has 6 heteroatoms. The first-order valence-electron chi connectivity index (χ1n) is 5.38. The van der Waals surface area contributed by atoms with Gasteiger partial charge in [-0.3, -0.25) is 0 Å². The van der Waals surface area contributed by atoms with Crippen molar-refractivity contribution in [1.29, 1.82) is 0 Å². The molecule has 0 aliphatic carbocycles. The maximum Gasteiger partial charge on any atom is 0.369 e. The summed E-state index contributed by atoms with van der Waals surface area (Å²) in [5, 5.41) is 7.58. The van der Waals surface area contributed by atoms with E-state index in [1.807, 2.05) is 32.0 Å². The number of aromatic nitrogens is 3. The molecule has 1 aromatic carbocycles. The number of carbonyl (C=O) groups excluding carboxylic acids is 2. The van der Waals surface area contributed by atoms with Gasteiger partial charge in [0.15, 0.2) is 5.69 Å². The zero-order chi connectivity index (χ0) is 12.9. The Morgan fingerprint density at radius 2 is 1.78 bits per heavy atom. The number of carbonyl (C=O) groups is 2. The first-order valence-corrected chi connectivity index (χ1v) is 5.38. The van der Waals surface area contributed by atoms with Crippen molar-refractivity contribution in [3.63, 3.8) is 0 Å². The van der Waals surface area contributed by atoms with Crippen molar-refractivity contribution in [2.75, 3.05) is 0 Å². The van der Waals surface area contributed by atoms with E-state index in [0.29, 0.717) is 0 Å². The van der Waals surface area contributed by atoms with Crippen molar-refractivity contribution >= 4 is 11.9 Å². The number of rotatable bonds is 1. The van der Waals surface area contributed by atoms with Crippen LogP contribution in [0.1, 0.15) is 32.1 Å². The van der Waals surface area contributed by atoms with Crippen LogP contribution in [0, 0.1) is 13.8 Å². The zero-order valence-electron chi connectivity index (χ0n) is 9.80. The quantitative estimate of drug-likeness (QED) is 0.555. The molecule has 6 nitrogen and oxygen atoms in total. The highest BCUT2D eigenvalue weighted by atomic mass is 16.6. The molecule has 0 saturated carbocycles. The molecule has 0 unspecified atom stereocenters. The van der Waals surface area contributed by atoms with Gasteiger partial charge in [0.1, 0.15) is 0 Å². The maximum atomic E-state index is 11.6. The van der Waals surface area contributed by atoms with Gasteiger partial charge in [-0.15, -0.1) is 5.10 Å². The molecule has 2 heterocycles. The molecule has 2 aromatic rings. The molecule has 90 valence electrons. The second-order valence-electron chi connectivity index (χ2n) is 4.12. The van der Waals surface area contributed by atoms with Gasteiger partial charge in [0.05, 0.1) is 5.69 Å². The van der Waals surface area contributed by atoms with E-state index in [9.17, 15) is 9.59 Å². The van der Waals surface area contributed by atoms with Gasteiger partial charge in [-0.05, 0) is 25.0 Å². The molecule has 0 atom stereocenters. The molecular weight excluding hydrogens is 234 g/mol. The van der Waals surface area contributed by atoms with Crippen molar-refractivity contribution in [2.45, 2.75) is 13.8 Å². The highest BCUT2D eigenvalue weighted by Gasteiger charge is 2.37. The third-order valence-electron chi connectivity index (χ3n) is 2.89. The van der Waals surface area contributed by atoms with Crippen LogP contribution in [-0.2, 0) is 4.74 Å². The molecule has 18 heavy (non-hydrogen) atoms. The molecule has 0 bridgehead atoms. The highest BCUT2D eigenvalue weighted by Crippen LogP contribution is 2.24. The van der Waals surface area contributed by atoms with E-state index in [2.05, 4.69) is 15.0 Å². The van der Waals surface area contributed by atoms with Gasteiger partial charge in [0.2, 0.25) is 5.69 Å². The number of hydrogen-bond acceptors (Lipinski definition) is 5. The van der Waals surface area contributed by atoms with Gasteiger partial charge < -0.3 is 4.74 Å². The van der Waals surface area contributed by atoms with Crippen LogP contribution in [0.2, 0.25) is 0 Å². The number of esters is 2. The lowest BCUT2D eigenvalue weighted by molar-refractivity contribution is 0.0434. The first kappa shape index (κ1) is 10.6. The van der Waals surface area contributed by atoms with Crippen LogP contribution in [-0.4, -0.2) is 26.9 Å². The third kappa shape index (κ3) is 1.29. The summed E-state index contributed by atoms with van der Waals surface area (Å²) in [4.78, 5) is 22.9. The van der Waals surface area contributed by atoms with E-state index in [4.69, 9.17) is 0 Å². The monoisotopic (exact) mass is 243 g/mol. The van der Waals surface area contributed by atoms with Crippen LogP contribution >= 0.6 is 0 Å². The van der Waals surface area contributed by atoms with Gasteiger partial charge in [-0.25, -0.2) is 14.3 Å². The van der Waals surface area contributed by atoms with E-state index in [1.54, 1.807) is 0 Å². The van der Waals surface area contributed by atoms with E-state index in [-0.39, 0.29) is 11.4 Å². The number of cyclic esters (lactones) is 2. The van der Waals surface area contributed by atoms with Crippen LogP contribution in [0.5, 0.6) is 0 Å². The Balaban J connectivity index is 2.30. The predicted molar refractivity (Wildman–Crippen MR) is 60.6 cm³/mol. The summed E-state index contributed by atoms with van der Waals surface area (Å²) in [6, 6.07) is 5.71. The minimum atomic E-state index is -0.743. The van der Waals surface area contributed by atoms with Crippen LogP contribution in [0.25, 0.3) is 5.69 Å². The van der Waals surface area contributed by atoms with Crippen molar-refractivity contribution in [2.24, 2.45) is 0 Å². The lowest BCUT2D eigenvalue weighted by Crippen LogP contribution is -2.10. The number of nitrogens with zero attached hydrogens (tertiary/aromatic N) is 3. The van der Waals surface area contributed by atoms with Gasteiger partial charge in [0, 0.05) is 0 Å². The Hall–Kier alpha value is -2.50. The highest BCUT2D eigenvalue weighted by molar-refractivity contribution is 6.12. The Morgan fingerprint density at radius 1 is 1.11 bits per heavy atom. The summed E-state index contributed by atoms with van der Waals surface area (Å²) in [6.45, 7) is 3.80. The standard InChI is InChI=1S/C12H9N3O3/c1-6-4-3-5-7(2)9(6)15-10-8(13-14-15)11(16)18-12(10)17/h3-5H,1-2H3. The van der Waals surface area contributed by atoms with Crippen molar-refractivity contribution < 1.29 is 14.3 Å². The Kier molecular flexibility index (Phi) is 2.07. The number of fused-ring (bicyclic) bond motifs is 1. The molecule has 0 fully saturated rings. The molecule has 1 aromatic heterocycles. The average molecular weight is 243 g/mol. The molecule has 3 rings (SSSR count). The second kappa shape index (κ2) is 3.49. The van der Waals surface area contributed by atoms with Crippen LogP contribution in [0.3, 0.4) is 0 Å². The number of benzene rings is 1. The number of aryl methyl sites for hydroxylation is 2. The fourth-order valence-corrected chi connectivity index (χ4v) is 2.08. The number of para-hydroxylation sites is 1. The summed E-state index contributed by atoms with van der Waals surface area (Å²) in [7, 11) is 0. The Morgan fingerprint density at radius 3 is 2.44 bits per heavy atom. The summed E-state index contributed by atoms with van der Waals surface area (Å²) in [5.74, 6) is -1.45. The van der Waals surface area contributed by atoms with Crippen molar-refractivity contribution in [3.05, 3.63) is 40.7 Å². The smallest absolute Gasteiger partial charge is 0.369 e. The molecule has 0 N–H and O–H groups in total. The number of hydrogen-bond donors (Lipinski definition) is 0. The lowest BCUT2D eigenvalue weighted by Gasteiger charge is -2.09. The van der Waals surface area contributed by atoms with E-state index in [1.165, 1.54) is 4.68 Å². The fourth-order valence-electron chi connectivity index (χ4n) is 2.08. The minimum Gasteiger partial charge on any atom is -0.383 e. The van der Waals surface area contributed by atoms with Crippen LogP contribution < -0.4 is 0 Å². The van der Waals surface area contributed by atoms with E-state index >= 15 is 0 Å². The SMILES string of the molecule is Cc1cccc(C)c1-n1nnc2c1C(=O)OC2=O. The molecule has 1 aliphatic heterocycles. The first-order chi connectivity index (χ1) is 8.59. The van der Waals surface area contributed by atoms with Gasteiger partial charge in [-0.1, -0.05) is 23.4 Å². The van der Waals surface area contributed by atoms with Crippen molar-refractivity contribution in [3.8, 4) is 5.69 Å². The topological polar surface area (TPSA) is 74.1 Å². The predicted octanol–water partition coefficient (Wildman–Crippen LogP) is 1.19. The van der Waals surface area contributed by atoms with Gasteiger partial charge in [-0.2, -0.15) is 0 Å². The van der Waals surface area contributed by atoms with E-state index in [0.717, 1.165) is 16.8 Å². The second-order valence-corrected chi connectivity index (χ2v) is 4.12. The molecule has 0 radical (unpaired) electrons. The van der Waals surface area contributed by atoms with E-state index < -0.39 is 11.9 Å². The maximum absolute atomic E-state index is 11.6. The molecule has 0 saturated heterocycles. The summed E-state index contributed by atoms with van der Waals surface area (Å²) >= 11 is 0. The number of ether oxygens (including phenoxy) is 1. The average Bonchev–Trinajstić information content (AvgIpc) is 2.83. The van der Waals surface area contributed by atoms with Crippen molar-refractivity contribution in [1.82, 2.24) is 15.0 Å². The Labute approximate surface area is 102 Å². The summed E-state index contributed by atoms with van der Waals surface area (Å²) in [6.07, 6.45) is 0. The lowest BCUT2D eigenvalue weighted by atomic mass is 10.1. The van der Waals surface area contributed by atoms with Crippen LogP contribution in [0.15, 0.2) is 18.2 Å². The normalized spacial score (nSPS) is 13.7. The summed E-state index contributed by atoms with van der Waals surface area (Å²) in [5.41, 5.74) is 2.70. The fraction of sp³-hybridized carbons (Fsp3) is 0.167. The minimum absolute atomic E-state index is 0.0253. The zero-order valence-corrected chi connectivity index (χ0v) is 9.80. The third-order valence-corrected chi connectivity index (χ3v) is 2.89. The molecule has 1 aliphatic rings. The molecular formula is C12H9N3O3. The van der Waals surface area contributed by atoms with Gasteiger partial charge in [0.25, 0.3) is 0 Å². The van der Waals surface area contributed by atoms with Gasteiger partial charge >= 0.3 is 11.9 Å².